The Hall–Kier alpha value is 0.860. The third-order valence-corrected chi connectivity index (χ3v) is 3.31. The van der Waals surface area contributed by atoms with Gasteiger partial charge in [0.05, 0.1) is 0 Å². The maximum Gasteiger partial charge on any atom is -0.0118 e. The zero-order valence-electron chi connectivity index (χ0n) is 9.80. The lowest BCUT2D eigenvalue weighted by Gasteiger charge is -2.04. The minimum absolute atomic E-state index is 0.736. The molecule has 0 saturated heterocycles. The fourth-order valence-electron chi connectivity index (χ4n) is 1.69. The quantitative estimate of drug-likeness (QED) is 0.369. The SMILES string of the molecule is CCCCCCCCCCCC(P)P. The molecule has 0 saturated carbocycles. The van der Waals surface area contributed by atoms with Crippen LogP contribution in [0.1, 0.15) is 71.1 Å². The van der Waals surface area contributed by atoms with Crippen LogP contribution in [0, 0.1) is 0 Å². The molecule has 0 nitrogen and oxygen atoms in total. The van der Waals surface area contributed by atoms with Crippen molar-refractivity contribution in [1.29, 1.82) is 0 Å². The Morgan fingerprint density at radius 3 is 1.57 bits per heavy atom. The molecule has 0 aliphatic heterocycles. The Morgan fingerprint density at radius 2 is 1.14 bits per heavy atom. The van der Waals surface area contributed by atoms with Gasteiger partial charge >= 0.3 is 0 Å². The summed E-state index contributed by atoms with van der Waals surface area (Å²) in [6.07, 6.45) is 14.3. The molecule has 0 N–H and O–H groups in total. The van der Waals surface area contributed by atoms with E-state index in [1.54, 1.807) is 0 Å². The average Bonchev–Trinajstić information content (AvgIpc) is 2.15. The minimum atomic E-state index is 0.736. The molecule has 0 aliphatic carbocycles. The van der Waals surface area contributed by atoms with E-state index in [1.807, 2.05) is 0 Å². The van der Waals surface area contributed by atoms with Gasteiger partial charge in [-0.15, -0.1) is 18.5 Å². The molecule has 14 heavy (non-hydrogen) atoms. The lowest BCUT2D eigenvalue weighted by Crippen LogP contribution is -1.86. The zero-order chi connectivity index (χ0) is 10.6. The molecular formula is C12H28P2. The van der Waals surface area contributed by atoms with Crippen molar-refractivity contribution in [3.8, 4) is 0 Å². The highest BCUT2D eigenvalue weighted by molar-refractivity contribution is 7.37. The van der Waals surface area contributed by atoms with Crippen LogP contribution in [0.4, 0.5) is 0 Å². The molecule has 0 amide bonds. The summed E-state index contributed by atoms with van der Waals surface area (Å²) in [4.78, 5) is 0. The predicted molar refractivity (Wildman–Crippen MR) is 75.1 cm³/mol. The molecule has 2 unspecified atom stereocenters. The van der Waals surface area contributed by atoms with Crippen LogP contribution in [0.25, 0.3) is 0 Å². The van der Waals surface area contributed by atoms with Crippen molar-refractivity contribution in [2.24, 2.45) is 0 Å². The molecule has 2 heteroatoms. The molecule has 0 radical (unpaired) electrons. The van der Waals surface area contributed by atoms with Gasteiger partial charge in [0.15, 0.2) is 0 Å². The van der Waals surface area contributed by atoms with Gasteiger partial charge < -0.3 is 0 Å². The molecule has 0 spiro atoms. The normalized spacial score (nSPS) is 11.1. The maximum absolute atomic E-state index is 2.85. The highest BCUT2D eigenvalue weighted by atomic mass is 31.1. The van der Waals surface area contributed by atoms with E-state index >= 15 is 0 Å². The third-order valence-electron chi connectivity index (χ3n) is 2.64. The van der Waals surface area contributed by atoms with Crippen molar-refractivity contribution < 1.29 is 0 Å². The van der Waals surface area contributed by atoms with Gasteiger partial charge in [0.25, 0.3) is 0 Å². The molecule has 0 rings (SSSR count). The first kappa shape index (κ1) is 14.9. The van der Waals surface area contributed by atoms with Gasteiger partial charge in [-0.3, -0.25) is 0 Å². The smallest absolute Gasteiger partial charge is 0.0118 e. The number of hydrogen-bond donors (Lipinski definition) is 0. The fraction of sp³-hybridized carbons (Fsp3) is 1.00. The number of rotatable bonds is 10. The van der Waals surface area contributed by atoms with Crippen molar-refractivity contribution in [2.45, 2.75) is 76.5 Å². The molecule has 86 valence electrons. The summed E-state index contributed by atoms with van der Waals surface area (Å²) in [5.74, 6) is 0. The Bertz CT molecular complexity index is 102. The van der Waals surface area contributed by atoms with Crippen LogP contribution in [0.15, 0.2) is 0 Å². The van der Waals surface area contributed by atoms with Gasteiger partial charge in [-0.2, -0.15) is 0 Å². The van der Waals surface area contributed by atoms with Crippen LogP contribution < -0.4 is 0 Å². The Labute approximate surface area is 95.4 Å². The summed E-state index contributed by atoms with van der Waals surface area (Å²) in [6, 6.07) is 0. The molecular weight excluding hydrogens is 206 g/mol. The summed E-state index contributed by atoms with van der Waals surface area (Å²) in [6.45, 7) is 2.28. The second kappa shape index (κ2) is 11.9. The van der Waals surface area contributed by atoms with E-state index in [2.05, 4.69) is 25.4 Å². The maximum atomic E-state index is 2.85. The third kappa shape index (κ3) is 12.9. The van der Waals surface area contributed by atoms with Crippen LogP contribution in [0.2, 0.25) is 0 Å². The van der Waals surface area contributed by atoms with Crippen molar-refractivity contribution in [3.05, 3.63) is 0 Å². The summed E-state index contributed by atoms with van der Waals surface area (Å²) in [7, 11) is 5.70. The van der Waals surface area contributed by atoms with Crippen LogP contribution in [-0.2, 0) is 0 Å². The average molecular weight is 234 g/mol. The zero-order valence-corrected chi connectivity index (χ0v) is 12.1. The van der Waals surface area contributed by atoms with Crippen molar-refractivity contribution >= 4 is 18.5 Å². The van der Waals surface area contributed by atoms with E-state index in [4.69, 9.17) is 0 Å². The molecule has 0 aliphatic rings. The van der Waals surface area contributed by atoms with Crippen molar-refractivity contribution in [1.82, 2.24) is 0 Å². The van der Waals surface area contributed by atoms with Gasteiger partial charge in [0, 0.05) is 0 Å². The van der Waals surface area contributed by atoms with Crippen LogP contribution in [0.3, 0.4) is 0 Å². The molecule has 0 fully saturated rings. The van der Waals surface area contributed by atoms with Crippen molar-refractivity contribution in [2.75, 3.05) is 0 Å². The van der Waals surface area contributed by atoms with E-state index in [0.717, 1.165) is 5.40 Å². The van der Waals surface area contributed by atoms with E-state index in [0.29, 0.717) is 0 Å². The summed E-state index contributed by atoms with van der Waals surface area (Å²) < 4.78 is 0. The monoisotopic (exact) mass is 234 g/mol. The first-order valence-electron chi connectivity index (χ1n) is 6.28. The van der Waals surface area contributed by atoms with Gasteiger partial charge in [-0.25, -0.2) is 0 Å². The van der Waals surface area contributed by atoms with Crippen LogP contribution in [0.5, 0.6) is 0 Å². The lowest BCUT2D eigenvalue weighted by atomic mass is 10.1. The first-order valence-corrected chi connectivity index (χ1v) is 7.62. The molecule has 0 bridgehead atoms. The van der Waals surface area contributed by atoms with Gasteiger partial charge in [-0.1, -0.05) is 64.7 Å². The molecule has 0 aromatic heterocycles. The second-order valence-electron chi connectivity index (χ2n) is 4.28. The highest BCUT2D eigenvalue weighted by Crippen LogP contribution is 2.18. The van der Waals surface area contributed by atoms with E-state index in [1.165, 1.54) is 64.2 Å². The summed E-state index contributed by atoms with van der Waals surface area (Å²) in [5.41, 5.74) is 0. The molecule has 0 aromatic rings. The number of hydrogen-bond acceptors (Lipinski definition) is 0. The van der Waals surface area contributed by atoms with Crippen molar-refractivity contribution in [3.63, 3.8) is 0 Å². The Balaban J connectivity index is 2.85. The van der Waals surface area contributed by atoms with E-state index in [-0.39, 0.29) is 0 Å². The predicted octanol–water partition coefficient (Wildman–Crippen LogP) is 4.98. The summed E-state index contributed by atoms with van der Waals surface area (Å²) in [5, 5.41) is 0.736. The van der Waals surface area contributed by atoms with E-state index in [9.17, 15) is 0 Å². The molecule has 0 heterocycles. The second-order valence-corrected chi connectivity index (χ2v) is 6.76. The fourth-order valence-corrected chi connectivity index (χ4v) is 2.16. The minimum Gasteiger partial charge on any atom is -0.130 e. The van der Waals surface area contributed by atoms with Gasteiger partial charge in [0.2, 0.25) is 0 Å². The van der Waals surface area contributed by atoms with Gasteiger partial charge in [0.1, 0.15) is 0 Å². The van der Waals surface area contributed by atoms with E-state index < -0.39 is 0 Å². The largest absolute Gasteiger partial charge is 0.130 e. The standard InChI is InChI=1S/C12H28P2/c1-2-3-4-5-6-7-8-9-10-11-12(13)14/h12H,2-11,13-14H2,1H3. The highest BCUT2D eigenvalue weighted by Gasteiger charge is 1.94. The van der Waals surface area contributed by atoms with Crippen LogP contribution in [-0.4, -0.2) is 5.40 Å². The van der Waals surface area contributed by atoms with Crippen LogP contribution >= 0.6 is 18.5 Å². The number of unbranched alkanes of at least 4 members (excludes halogenated alkanes) is 8. The Morgan fingerprint density at radius 1 is 0.714 bits per heavy atom. The first-order chi connectivity index (χ1) is 6.77. The Kier molecular flexibility index (Phi) is 12.7. The summed E-state index contributed by atoms with van der Waals surface area (Å²) >= 11 is 0. The topological polar surface area (TPSA) is 0 Å². The molecule has 2 atom stereocenters. The molecule has 0 aromatic carbocycles. The lowest BCUT2D eigenvalue weighted by molar-refractivity contribution is 0.561. The van der Waals surface area contributed by atoms with Gasteiger partial charge in [-0.05, 0) is 11.8 Å².